The van der Waals surface area contributed by atoms with Gasteiger partial charge in [-0.25, -0.2) is 0 Å². The first kappa shape index (κ1) is 23.8. The third-order valence-corrected chi connectivity index (χ3v) is 5.98. The van der Waals surface area contributed by atoms with E-state index in [4.69, 9.17) is 16.3 Å². The van der Waals surface area contributed by atoms with Crippen molar-refractivity contribution in [2.75, 3.05) is 34.3 Å². The number of aryl methyl sites for hydroxylation is 1. The van der Waals surface area contributed by atoms with Crippen LogP contribution in [0.3, 0.4) is 0 Å². The topological polar surface area (TPSA) is 70.1 Å². The van der Waals surface area contributed by atoms with Gasteiger partial charge in [0, 0.05) is 12.1 Å². The van der Waals surface area contributed by atoms with E-state index in [-0.39, 0.29) is 11.3 Å². The predicted octanol–water partition coefficient (Wildman–Crippen LogP) is 4.28. The summed E-state index contributed by atoms with van der Waals surface area (Å²) in [7, 11) is 5.40. The van der Waals surface area contributed by atoms with Gasteiger partial charge < -0.3 is 19.6 Å². The highest BCUT2D eigenvalue weighted by Gasteiger charge is 2.45. The van der Waals surface area contributed by atoms with Crippen LogP contribution >= 0.6 is 11.6 Å². The molecule has 1 atom stereocenters. The summed E-state index contributed by atoms with van der Waals surface area (Å²) >= 11 is 6.12. The molecule has 1 heterocycles. The van der Waals surface area contributed by atoms with Crippen LogP contribution in [0.1, 0.15) is 36.1 Å². The molecular weight excluding hydrogens is 428 g/mol. The molecule has 1 unspecified atom stereocenters. The van der Waals surface area contributed by atoms with Gasteiger partial charge in [0.15, 0.2) is 0 Å². The number of carbonyl (C=O) groups excluding carboxylic acids is 2. The molecule has 1 aliphatic rings. The molecule has 3 rings (SSSR count). The minimum absolute atomic E-state index is 0.0773. The number of likely N-dealkylation sites (tertiary alicyclic amines) is 1. The molecule has 170 valence electrons. The van der Waals surface area contributed by atoms with Crippen molar-refractivity contribution < 1.29 is 19.4 Å². The minimum atomic E-state index is -0.689. The number of Topliss-reactive ketones (excluding diaryl/α,β-unsaturated/α-hetero) is 1. The first-order valence-corrected chi connectivity index (χ1v) is 11.0. The maximum Gasteiger partial charge on any atom is 0.295 e. The van der Waals surface area contributed by atoms with Crippen LogP contribution in [0.5, 0.6) is 5.75 Å². The third kappa shape index (κ3) is 4.81. The van der Waals surface area contributed by atoms with E-state index < -0.39 is 17.7 Å². The van der Waals surface area contributed by atoms with Crippen LogP contribution in [0.25, 0.3) is 5.76 Å². The summed E-state index contributed by atoms with van der Waals surface area (Å²) in [4.78, 5) is 29.7. The number of halogens is 1. The first-order chi connectivity index (χ1) is 15.3. The van der Waals surface area contributed by atoms with Crippen molar-refractivity contribution in [3.05, 3.63) is 69.8 Å². The summed E-state index contributed by atoms with van der Waals surface area (Å²) in [5, 5.41) is 11.5. The monoisotopic (exact) mass is 456 g/mol. The number of amides is 1. The number of aliphatic hydroxyl groups excluding tert-OH is 1. The Labute approximate surface area is 194 Å². The van der Waals surface area contributed by atoms with Crippen molar-refractivity contribution >= 4 is 29.1 Å². The molecule has 32 heavy (non-hydrogen) atoms. The second-order valence-electron chi connectivity index (χ2n) is 8.09. The molecule has 0 saturated carbocycles. The minimum Gasteiger partial charge on any atom is -0.507 e. The van der Waals surface area contributed by atoms with E-state index in [1.54, 1.807) is 23.1 Å². The van der Waals surface area contributed by atoms with Crippen LogP contribution in [0.15, 0.2) is 48.0 Å². The van der Waals surface area contributed by atoms with Gasteiger partial charge in [0.1, 0.15) is 11.5 Å². The third-order valence-electron chi connectivity index (χ3n) is 5.67. The van der Waals surface area contributed by atoms with Crippen LogP contribution in [0.2, 0.25) is 5.02 Å². The lowest BCUT2D eigenvalue weighted by atomic mass is 9.94. The number of aliphatic hydroxyl groups is 1. The number of carbonyl (C=O) groups is 2. The highest BCUT2D eigenvalue weighted by molar-refractivity contribution is 6.46. The van der Waals surface area contributed by atoms with Crippen LogP contribution in [0, 0.1) is 0 Å². The number of ether oxygens (including phenoxy) is 1. The van der Waals surface area contributed by atoms with Gasteiger partial charge in [-0.2, -0.15) is 0 Å². The average Bonchev–Trinajstić information content (AvgIpc) is 3.03. The second kappa shape index (κ2) is 10.2. The maximum atomic E-state index is 13.1. The van der Waals surface area contributed by atoms with Crippen molar-refractivity contribution in [1.29, 1.82) is 0 Å². The maximum absolute atomic E-state index is 13.1. The van der Waals surface area contributed by atoms with E-state index in [0.29, 0.717) is 29.3 Å². The van der Waals surface area contributed by atoms with Crippen LogP contribution in [0.4, 0.5) is 0 Å². The van der Waals surface area contributed by atoms with Crippen LogP contribution in [-0.2, 0) is 16.0 Å². The summed E-state index contributed by atoms with van der Waals surface area (Å²) < 4.78 is 5.25. The molecule has 1 saturated heterocycles. The smallest absolute Gasteiger partial charge is 0.295 e. The van der Waals surface area contributed by atoms with Gasteiger partial charge in [-0.15, -0.1) is 0 Å². The molecule has 2 aromatic carbocycles. The molecule has 1 fully saturated rings. The van der Waals surface area contributed by atoms with Crippen molar-refractivity contribution in [3.8, 4) is 5.75 Å². The number of ketones is 1. The molecule has 2 aromatic rings. The zero-order valence-corrected chi connectivity index (χ0v) is 19.6. The molecule has 6 nitrogen and oxygen atoms in total. The van der Waals surface area contributed by atoms with Gasteiger partial charge in [-0.1, -0.05) is 42.8 Å². The Balaban J connectivity index is 2.11. The normalized spacial score (nSPS) is 17.9. The van der Waals surface area contributed by atoms with Crippen molar-refractivity contribution in [1.82, 2.24) is 9.80 Å². The molecule has 0 bridgehead atoms. The summed E-state index contributed by atoms with van der Waals surface area (Å²) in [6, 6.07) is 11.9. The van der Waals surface area contributed by atoms with E-state index >= 15 is 0 Å². The Morgan fingerprint density at radius 3 is 2.44 bits per heavy atom. The fourth-order valence-corrected chi connectivity index (χ4v) is 4.11. The molecule has 0 aromatic heterocycles. The number of hydrogen-bond acceptors (Lipinski definition) is 5. The molecule has 0 spiro atoms. The Hall–Kier alpha value is -2.83. The van der Waals surface area contributed by atoms with E-state index in [1.165, 1.54) is 7.11 Å². The number of rotatable bonds is 8. The lowest BCUT2D eigenvalue weighted by Crippen LogP contribution is -2.32. The van der Waals surface area contributed by atoms with Gasteiger partial charge in [0.2, 0.25) is 0 Å². The van der Waals surface area contributed by atoms with Gasteiger partial charge in [0.05, 0.1) is 23.7 Å². The largest absolute Gasteiger partial charge is 0.507 e. The number of nitrogens with zero attached hydrogens (tertiary/aromatic N) is 2. The lowest BCUT2D eigenvalue weighted by molar-refractivity contribution is -0.139. The lowest BCUT2D eigenvalue weighted by Gasteiger charge is -2.26. The van der Waals surface area contributed by atoms with E-state index in [1.807, 2.05) is 43.3 Å². The molecule has 7 heteroatoms. The molecule has 0 aliphatic carbocycles. The molecule has 1 aliphatic heterocycles. The first-order valence-electron chi connectivity index (χ1n) is 10.6. The number of benzene rings is 2. The van der Waals surface area contributed by atoms with Crippen molar-refractivity contribution in [3.63, 3.8) is 0 Å². The van der Waals surface area contributed by atoms with Gasteiger partial charge in [0.25, 0.3) is 11.7 Å². The molecule has 1 N–H and O–H groups in total. The average molecular weight is 457 g/mol. The standard InChI is InChI=1S/C25H29ClN2O4/c1-5-16-7-9-17(10-8-16)22-21(23(29)18-11-12-19(26)20(15-18)32-4)24(30)25(31)28(22)14-6-13-27(2)3/h7-12,15,22,29H,5-6,13-14H2,1-4H3/b23-21-. The number of methoxy groups -OCH3 is 1. The van der Waals surface area contributed by atoms with Crippen molar-refractivity contribution in [2.45, 2.75) is 25.8 Å². The summed E-state index contributed by atoms with van der Waals surface area (Å²) in [5.74, 6) is -1.15. The summed E-state index contributed by atoms with van der Waals surface area (Å²) in [6.45, 7) is 3.25. The van der Waals surface area contributed by atoms with Gasteiger partial charge in [-0.05, 0) is 62.8 Å². The SMILES string of the molecule is CCc1ccc(C2/C(=C(/O)c3ccc(Cl)c(OC)c3)C(=O)C(=O)N2CCCN(C)C)cc1. The fraction of sp³-hybridized carbons (Fsp3) is 0.360. The van der Waals surface area contributed by atoms with E-state index in [0.717, 1.165) is 24.1 Å². The number of hydrogen-bond donors (Lipinski definition) is 1. The van der Waals surface area contributed by atoms with Crippen molar-refractivity contribution in [2.24, 2.45) is 0 Å². The molecule has 1 amide bonds. The van der Waals surface area contributed by atoms with Gasteiger partial charge >= 0.3 is 0 Å². The van der Waals surface area contributed by atoms with Crippen LogP contribution < -0.4 is 4.74 Å². The Bertz CT molecular complexity index is 1030. The quantitative estimate of drug-likeness (QED) is 0.364. The zero-order valence-electron chi connectivity index (χ0n) is 18.9. The predicted molar refractivity (Wildman–Crippen MR) is 126 cm³/mol. The Morgan fingerprint density at radius 2 is 1.84 bits per heavy atom. The second-order valence-corrected chi connectivity index (χ2v) is 8.50. The summed E-state index contributed by atoms with van der Waals surface area (Å²) in [5.41, 5.74) is 2.38. The van der Waals surface area contributed by atoms with Gasteiger partial charge in [-0.3, -0.25) is 9.59 Å². The summed E-state index contributed by atoms with van der Waals surface area (Å²) in [6.07, 6.45) is 1.59. The van der Waals surface area contributed by atoms with E-state index in [2.05, 4.69) is 6.92 Å². The Morgan fingerprint density at radius 1 is 1.16 bits per heavy atom. The molecular formula is C25H29ClN2O4. The highest BCUT2D eigenvalue weighted by Crippen LogP contribution is 2.40. The Kier molecular flexibility index (Phi) is 7.59. The zero-order chi connectivity index (χ0) is 23.4. The fourth-order valence-electron chi connectivity index (χ4n) is 3.91. The molecule has 0 radical (unpaired) electrons. The van der Waals surface area contributed by atoms with E-state index in [9.17, 15) is 14.7 Å². The highest BCUT2D eigenvalue weighted by atomic mass is 35.5. The van der Waals surface area contributed by atoms with Crippen LogP contribution in [-0.4, -0.2) is 60.9 Å².